The first kappa shape index (κ1) is 14.2. The summed E-state index contributed by atoms with van der Waals surface area (Å²) in [5, 5.41) is 0. The number of halogens is 6. The van der Waals surface area contributed by atoms with Gasteiger partial charge >= 0.3 is 0 Å². The smallest absolute Gasteiger partial charge is 0.200 e. The van der Waals surface area contributed by atoms with Crippen LogP contribution in [0.25, 0.3) is 12.2 Å². The molecule has 2 aromatic carbocycles. The normalized spacial score (nSPS) is 11.3. The molecular formula is C14H6F6. The van der Waals surface area contributed by atoms with E-state index in [1.165, 1.54) is 12.1 Å². The van der Waals surface area contributed by atoms with Crippen LogP contribution in [0.3, 0.4) is 0 Å². The molecule has 0 amide bonds. The highest BCUT2D eigenvalue weighted by Crippen LogP contribution is 2.24. The van der Waals surface area contributed by atoms with Crippen LogP contribution in [0.4, 0.5) is 26.3 Å². The maximum absolute atomic E-state index is 13.3. The third kappa shape index (κ3) is 2.54. The van der Waals surface area contributed by atoms with Crippen LogP contribution in [0.2, 0.25) is 0 Å². The van der Waals surface area contributed by atoms with Crippen LogP contribution < -0.4 is 0 Å². The molecular weight excluding hydrogens is 282 g/mol. The summed E-state index contributed by atoms with van der Waals surface area (Å²) in [6.45, 7) is 0. The van der Waals surface area contributed by atoms with E-state index in [4.69, 9.17) is 0 Å². The van der Waals surface area contributed by atoms with Crippen LogP contribution in [0.15, 0.2) is 24.3 Å². The van der Waals surface area contributed by atoms with Crippen molar-refractivity contribution in [1.82, 2.24) is 0 Å². The molecule has 0 fully saturated rings. The van der Waals surface area contributed by atoms with Crippen molar-refractivity contribution in [2.75, 3.05) is 0 Å². The van der Waals surface area contributed by atoms with Crippen molar-refractivity contribution in [1.29, 1.82) is 0 Å². The maximum Gasteiger partial charge on any atom is 0.200 e. The van der Waals surface area contributed by atoms with E-state index in [1.807, 2.05) is 0 Å². The Bertz CT molecular complexity index is 644. The second-order valence-electron chi connectivity index (χ2n) is 3.87. The Morgan fingerprint density at radius 1 is 0.550 bits per heavy atom. The fourth-order valence-electron chi connectivity index (χ4n) is 1.52. The summed E-state index contributed by atoms with van der Waals surface area (Å²) < 4.78 is 78.0. The number of hydrogen-bond acceptors (Lipinski definition) is 0. The second kappa shape index (κ2) is 5.40. The van der Waals surface area contributed by atoms with E-state index in [2.05, 4.69) is 0 Å². The molecule has 2 aromatic rings. The first-order chi connectivity index (χ1) is 9.41. The molecule has 104 valence electrons. The Morgan fingerprint density at radius 3 is 1.50 bits per heavy atom. The fraction of sp³-hybridized carbons (Fsp3) is 0. The van der Waals surface area contributed by atoms with Crippen LogP contribution in [-0.4, -0.2) is 0 Å². The lowest BCUT2D eigenvalue weighted by atomic mass is 10.1. The van der Waals surface area contributed by atoms with E-state index >= 15 is 0 Å². The van der Waals surface area contributed by atoms with Gasteiger partial charge in [0.2, 0.25) is 5.82 Å². The Morgan fingerprint density at radius 2 is 1.00 bits per heavy atom. The maximum atomic E-state index is 13.3. The Kier molecular flexibility index (Phi) is 3.83. The molecule has 0 nitrogen and oxygen atoms in total. The quantitative estimate of drug-likeness (QED) is 0.325. The number of hydrogen-bond donors (Lipinski definition) is 0. The lowest BCUT2D eigenvalue weighted by Crippen LogP contribution is -2.03. The van der Waals surface area contributed by atoms with Crippen LogP contribution in [0.5, 0.6) is 0 Å². The van der Waals surface area contributed by atoms with Crippen LogP contribution in [0, 0.1) is 34.9 Å². The summed E-state index contributed by atoms with van der Waals surface area (Å²) in [6.07, 6.45) is 1.85. The largest absolute Gasteiger partial charge is 0.207 e. The molecule has 0 saturated carbocycles. The third-order valence-corrected chi connectivity index (χ3v) is 2.56. The van der Waals surface area contributed by atoms with Crippen LogP contribution in [-0.2, 0) is 0 Å². The van der Waals surface area contributed by atoms with Gasteiger partial charge in [0, 0.05) is 0 Å². The average Bonchev–Trinajstić information content (AvgIpc) is 2.45. The van der Waals surface area contributed by atoms with Crippen LogP contribution in [0.1, 0.15) is 11.1 Å². The molecule has 0 bridgehead atoms. The van der Waals surface area contributed by atoms with Crippen molar-refractivity contribution in [3.8, 4) is 0 Å². The molecule has 0 aliphatic carbocycles. The van der Waals surface area contributed by atoms with Crippen molar-refractivity contribution >= 4 is 12.2 Å². The minimum absolute atomic E-state index is 0.343. The van der Waals surface area contributed by atoms with Gasteiger partial charge in [-0.2, -0.15) is 0 Å². The van der Waals surface area contributed by atoms with Gasteiger partial charge in [-0.05, 0) is 23.8 Å². The average molecular weight is 288 g/mol. The van der Waals surface area contributed by atoms with Crippen molar-refractivity contribution in [2.24, 2.45) is 0 Å². The molecule has 6 heteroatoms. The molecule has 0 unspecified atom stereocenters. The van der Waals surface area contributed by atoms with Crippen molar-refractivity contribution in [2.45, 2.75) is 0 Å². The lowest BCUT2D eigenvalue weighted by Gasteiger charge is -2.04. The molecule has 0 radical (unpaired) electrons. The first-order valence-electron chi connectivity index (χ1n) is 5.37. The lowest BCUT2D eigenvalue weighted by molar-refractivity contribution is 0.377. The number of rotatable bonds is 2. The molecule has 0 saturated heterocycles. The second-order valence-corrected chi connectivity index (χ2v) is 3.87. The zero-order valence-electron chi connectivity index (χ0n) is 9.73. The molecule has 0 spiro atoms. The standard InChI is InChI=1S/C14H6F6/c15-8-4-1-7(2-5-8)3-6-9-10(16)12(18)14(20)13(19)11(9)17/h1-6H/b6-3+. The third-order valence-electron chi connectivity index (χ3n) is 2.56. The van der Waals surface area contributed by atoms with Crippen molar-refractivity contribution in [3.05, 3.63) is 70.3 Å². The molecule has 0 heterocycles. The van der Waals surface area contributed by atoms with Crippen molar-refractivity contribution < 1.29 is 26.3 Å². The van der Waals surface area contributed by atoms with E-state index in [-0.39, 0.29) is 0 Å². The SMILES string of the molecule is Fc1ccc(/C=C/c2c(F)c(F)c(F)c(F)c2F)cc1. The topological polar surface area (TPSA) is 0 Å². The summed E-state index contributed by atoms with van der Waals surface area (Å²) in [5.74, 6) is -10.6. The summed E-state index contributed by atoms with van der Waals surface area (Å²) >= 11 is 0. The van der Waals surface area contributed by atoms with E-state index in [0.717, 1.165) is 24.3 Å². The first-order valence-corrected chi connectivity index (χ1v) is 5.37. The van der Waals surface area contributed by atoms with Gasteiger partial charge in [0.1, 0.15) is 5.82 Å². The molecule has 0 aliphatic rings. The zero-order valence-corrected chi connectivity index (χ0v) is 9.73. The fourth-order valence-corrected chi connectivity index (χ4v) is 1.52. The van der Waals surface area contributed by atoms with E-state index in [0.29, 0.717) is 5.56 Å². The Balaban J connectivity index is 2.46. The molecule has 20 heavy (non-hydrogen) atoms. The van der Waals surface area contributed by atoms with Gasteiger partial charge in [0.15, 0.2) is 23.3 Å². The predicted octanol–water partition coefficient (Wildman–Crippen LogP) is 4.69. The van der Waals surface area contributed by atoms with E-state index in [9.17, 15) is 26.3 Å². The monoisotopic (exact) mass is 288 g/mol. The minimum Gasteiger partial charge on any atom is -0.207 e. The van der Waals surface area contributed by atoms with E-state index < -0.39 is 40.5 Å². The Labute approximate surface area is 110 Å². The number of benzene rings is 2. The molecule has 0 N–H and O–H groups in total. The molecule has 2 rings (SSSR count). The van der Waals surface area contributed by atoms with Gasteiger partial charge in [-0.25, -0.2) is 26.3 Å². The van der Waals surface area contributed by atoms with Crippen LogP contribution >= 0.6 is 0 Å². The molecule has 0 atom stereocenters. The highest BCUT2D eigenvalue weighted by Gasteiger charge is 2.24. The van der Waals surface area contributed by atoms with Gasteiger partial charge in [-0.15, -0.1) is 0 Å². The molecule has 0 aliphatic heterocycles. The highest BCUT2D eigenvalue weighted by atomic mass is 19.2. The zero-order chi connectivity index (χ0) is 14.9. The molecule has 0 aromatic heterocycles. The summed E-state index contributed by atoms with van der Waals surface area (Å²) in [4.78, 5) is 0. The van der Waals surface area contributed by atoms with E-state index in [1.54, 1.807) is 0 Å². The summed E-state index contributed by atoms with van der Waals surface area (Å²) in [6, 6.07) is 4.77. The van der Waals surface area contributed by atoms with Gasteiger partial charge in [0.05, 0.1) is 5.56 Å². The highest BCUT2D eigenvalue weighted by molar-refractivity contribution is 5.70. The van der Waals surface area contributed by atoms with Gasteiger partial charge in [-0.1, -0.05) is 18.2 Å². The van der Waals surface area contributed by atoms with Gasteiger partial charge in [0.25, 0.3) is 0 Å². The van der Waals surface area contributed by atoms with Crippen molar-refractivity contribution in [3.63, 3.8) is 0 Å². The predicted molar refractivity (Wildman–Crippen MR) is 61.6 cm³/mol. The Hall–Kier alpha value is -2.24. The van der Waals surface area contributed by atoms with Gasteiger partial charge in [-0.3, -0.25) is 0 Å². The van der Waals surface area contributed by atoms with Gasteiger partial charge < -0.3 is 0 Å². The summed E-state index contributed by atoms with van der Waals surface area (Å²) in [7, 11) is 0. The minimum atomic E-state index is -2.21. The summed E-state index contributed by atoms with van der Waals surface area (Å²) in [5.41, 5.74) is -0.707.